The Morgan fingerprint density at radius 3 is 2.90 bits per heavy atom. The summed E-state index contributed by atoms with van der Waals surface area (Å²) >= 11 is 1.25. The number of aromatic nitrogens is 3. The fourth-order valence-corrected chi connectivity index (χ4v) is 2.80. The molecule has 6 nitrogen and oxygen atoms in total. The third kappa shape index (κ3) is 2.76. The highest BCUT2D eigenvalue weighted by atomic mass is 32.2. The molecule has 7 heteroatoms. The number of aliphatic hydroxyl groups is 1. The minimum absolute atomic E-state index is 0.0222. The molecule has 0 bridgehead atoms. The number of nitrogens with zero attached hydrogens (tertiary/aromatic N) is 3. The van der Waals surface area contributed by atoms with Crippen molar-refractivity contribution in [3.63, 3.8) is 0 Å². The number of nitrogens with one attached hydrogen (secondary N) is 1. The van der Waals surface area contributed by atoms with E-state index in [0.29, 0.717) is 21.2 Å². The van der Waals surface area contributed by atoms with Gasteiger partial charge in [-0.25, -0.2) is 9.89 Å². The van der Waals surface area contributed by atoms with Gasteiger partial charge in [-0.1, -0.05) is 6.07 Å². The smallest absolute Gasteiger partial charge is 0.344 e. The Morgan fingerprint density at radius 1 is 1.55 bits per heavy atom. The normalized spacial score (nSPS) is 10.8. The van der Waals surface area contributed by atoms with Crippen LogP contribution >= 0.6 is 11.8 Å². The molecule has 20 heavy (non-hydrogen) atoms. The van der Waals surface area contributed by atoms with Gasteiger partial charge in [-0.15, -0.1) is 5.10 Å². The van der Waals surface area contributed by atoms with Gasteiger partial charge in [0.25, 0.3) is 0 Å². The molecule has 0 aliphatic carbocycles. The summed E-state index contributed by atoms with van der Waals surface area (Å²) in [5.41, 5.74) is 0.856. The number of benzene rings is 1. The standard InChI is InChI=1S/C13H14N4O2S/c1-8(2)17-12(19)15-16-13(17)20-11-4-3-9(7-18)5-10(11)6-14/h3-5,8,18H,7H2,1-2H3,(H,15,19). The van der Waals surface area contributed by atoms with Crippen LogP contribution in [0.4, 0.5) is 0 Å². The van der Waals surface area contributed by atoms with Gasteiger partial charge in [0.2, 0.25) is 0 Å². The topological polar surface area (TPSA) is 94.7 Å². The number of hydrogen-bond acceptors (Lipinski definition) is 5. The Balaban J connectivity index is 2.41. The van der Waals surface area contributed by atoms with Crippen LogP contribution in [-0.2, 0) is 6.61 Å². The lowest BCUT2D eigenvalue weighted by Gasteiger charge is -2.09. The number of rotatable bonds is 4. The van der Waals surface area contributed by atoms with Gasteiger partial charge in [0, 0.05) is 10.9 Å². The van der Waals surface area contributed by atoms with Crippen LogP contribution in [0.5, 0.6) is 0 Å². The summed E-state index contributed by atoms with van der Waals surface area (Å²) in [6.07, 6.45) is 0. The lowest BCUT2D eigenvalue weighted by atomic mass is 10.1. The first kappa shape index (κ1) is 14.4. The number of H-pyrrole nitrogens is 1. The molecule has 0 radical (unpaired) electrons. The van der Waals surface area contributed by atoms with Crippen LogP contribution < -0.4 is 5.69 Å². The maximum atomic E-state index is 11.7. The number of nitriles is 1. The van der Waals surface area contributed by atoms with Crippen LogP contribution in [0.3, 0.4) is 0 Å². The fraction of sp³-hybridized carbons (Fsp3) is 0.308. The predicted octanol–water partition coefficient (Wildman–Crippen LogP) is 1.67. The van der Waals surface area contributed by atoms with Crippen molar-refractivity contribution in [3.05, 3.63) is 39.8 Å². The molecule has 104 valence electrons. The van der Waals surface area contributed by atoms with E-state index < -0.39 is 0 Å². The van der Waals surface area contributed by atoms with Crippen molar-refractivity contribution in [1.29, 1.82) is 5.26 Å². The predicted molar refractivity (Wildman–Crippen MR) is 74.4 cm³/mol. The molecular formula is C13H14N4O2S. The van der Waals surface area contributed by atoms with E-state index in [1.807, 2.05) is 13.8 Å². The van der Waals surface area contributed by atoms with Gasteiger partial charge in [-0.2, -0.15) is 5.26 Å². The summed E-state index contributed by atoms with van der Waals surface area (Å²) in [6.45, 7) is 3.67. The van der Waals surface area contributed by atoms with Gasteiger partial charge < -0.3 is 5.11 Å². The Morgan fingerprint density at radius 2 is 2.30 bits per heavy atom. The summed E-state index contributed by atoms with van der Waals surface area (Å²) in [6, 6.07) is 7.19. The van der Waals surface area contributed by atoms with E-state index in [-0.39, 0.29) is 18.3 Å². The molecule has 1 heterocycles. The zero-order valence-corrected chi connectivity index (χ0v) is 11.9. The first-order valence-corrected chi connectivity index (χ1v) is 6.87. The molecule has 0 amide bonds. The van der Waals surface area contributed by atoms with Crippen molar-refractivity contribution < 1.29 is 5.11 Å². The zero-order valence-electron chi connectivity index (χ0n) is 11.1. The molecule has 0 unspecified atom stereocenters. The van der Waals surface area contributed by atoms with E-state index >= 15 is 0 Å². The second kappa shape index (κ2) is 5.94. The van der Waals surface area contributed by atoms with Gasteiger partial charge in [0.15, 0.2) is 5.16 Å². The highest BCUT2D eigenvalue weighted by Gasteiger charge is 2.14. The van der Waals surface area contributed by atoms with Crippen LogP contribution in [0, 0.1) is 11.3 Å². The van der Waals surface area contributed by atoms with Gasteiger partial charge in [-0.05, 0) is 43.3 Å². The maximum Gasteiger partial charge on any atom is 0.344 e. The van der Waals surface area contributed by atoms with Crippen LogP contribution in [0.2, 0.25) is 0 Å². The summed E-state index contributed by atoms with van der Waals surface area (Å²) in [5.74, 6) is 0. The van der Waals surface area contributed by atoms with E-state index in [1.165, 1.54) is 16.3 Å². The van der Waals surface area contributed by atoms with E-state index in [1.54, 1.807) is 18.2 Å². The lowest BCUT2D eigenvalue weighted by molar-refractivity contribution is 0.281. The number of hydrogen-bond donors (Lipinski definition) is 2. The third-order valence-corrected chi connectivity index (χ3v) is 3.78. The van der Waals surface area contributed by atoms with Gasteiger partial charge in [0.1, 0.15) is 6.07 Å². The highest BCUT2D eigenvalue weighted by Crippen LogP contribution is 2.29. The van der Waals surface area contributed by atoms with Crippen molar-refractivity contribution in [3.8, 4) is 6.07 Å². The summed E-state index contributed by atoms with van der Waals surface area (Å²) < 4.78 is 1.53. The molecule has 2 rings (SSSR count). The Bertz CT molecular complexity index is 712. The molecule has 0 fully saturated rings. The average molecular weight is 290 g/mol. The number of aliphatic hydroxyl groups excluding tert-OH is 1. The number of aromatic amines is 1. The molecule has 2 N–H and O–H groups in total. The molecule has 0 spiro atoms. The second-order valence-electron chi connectivity index (χ2n) is 4.48. The molecule has 0 aliphatic rings. The molecule has 0 saturated carbocycles. The summed E-state index contributed by atoms with van der Waals surface area (Å²) in [4.78, 5) is 12.4. The second-order valence-corrected chi connectivity index (χ2v) is 5.49. The molecule has 2 aromatic rings. The fourth-order valence-electron chi connectivity index (χ4n) is 1.77. The van der Waals surface area contributed by atoms with E-state index in [0.717, 1.165) is 0 Å². The van der Waals surface area contributed by atoms with Crippen molar-refractivity contribution >= 4 is 11.8 Å². The van der Waals surface area contributed by atoms with Crippen LogP contribution in [0.15, 0.2) is 33.0 Å². The van der Waals surface area contributed by atoms with Crippen molar-refractivity contribution in [1.82, 2.24) is 14.8 Å². The first-order chi connectivity index (χ1) is 9.56. The lowest BCUT2D eigenvalue weighted by Crippen LogP contribution is -2.19. The minimum Gasteiger partial charge on any atom is -0.392 e. The Labute approximate surface area is 120 Å². The molecule has 0 aliphatic heterocycles. The van der Waals surface area contributed by atoms with Crippen molar-refractivity contribution in [2.24, 2.45) is 0 Å². The average Bonchev–Trinajstić information content (AvgIpc) is 2.80. The maximum absolute atomic E-state index is 11.7. The van der Waals surface area contributed by atoms with Crippen molar-refractivity contribution in [2.45, 2.75) is 36.5 Å². The quantitative estimate of drug-likeness (QED) is 0.893. The van der Waals surface area contributed by atoms with E-state index in [4.69, 9.17) is 10.4 Å². The zero-order chi connectivity index (χ0) is 14.7. The van der Waals surface area contributed by atoms with Crippen LogP contribution in [0.1, 0.15) is 31.0 Å². The minimum atomic E-state index is -0.270. The van der Waals surface area contributed by atoms with Crippen LogP contribution in [0.25, 0.3) is 0 Å². The van der Waals surface area contributed by atoms with E-state index in [9.17, 15) is 4.79 Å². The third-order valence-electron chi connectivity index (χ3n) is 2.74. The van der Waals surface area contributed by atoms with E-state index in [2.05, 4.69) is 16.3 Å². The molecule has 0 saturated heterocycles. The molecule has 0 atom stereocenters. The monoisotopic (exact) mass is 290 g/mol. The largest absolute Gasteiger partial charge is 0.392 e. The molecule has 1 aromatic heterocycles. The van der Waals surface area contributed by atoms with Crippen LogP contribution in [-0.4, -0.2) is 19.9 Å². The van der Waals surface area contributed by atoms with Gasteiger partial charge >= 0.3 is 5.69 Å². The summed E-state index contributed by atoms with van der Waals surface area (Å²) in [7, 11) is 0. The molecular weight excluding hydrogens is 276 g/mol. The van der Waals surface area contributed by atoms with Gasteiger partial charge in [-0.3, -0.25) is 4.57 Å². The highest BCUT2D eigenvalue weighted by molar-refractivity contribution is 7.99. The summed E-state index contributed by atoms with van der Waals surface area (Å²) in [5, 5.41) is 25.1. The Kier molecular flexibility index (Phi) is 4.27. The SMILES string of the molecule is CC(C)n1c(Sc2ccc(CO)cc2C#N)n[nH]c1=O. The first-order valence-electron chi connectivity index (χ1n) is 6.05. The van der Waals surface area contributed by atoms with Gasteiger partial charge in [0.05, 0.1) is 12.2 Å². The Hall–Kier alpha value is -2.04. The van der Waals surface area contributed by atoms with Crippen molar-refractivity contribution in [2.75, 3.05) is 0 Å². The molecule has 1 aromatic carbocycles.